The first-order valence-corrected chi connectivity index (χ1v) is 9.31. The van der Waals surface area contributed by atoms with Crippen molar-refractivity contribution in [2.45, 2.75) is 32.4 Å². The van der Waals surface area contributed by atoms with Gasteiger partial charge < -0.3 is 9.88 Å². The summed E-state index contributed by atoms with van der Waals surface area (Å²) in [5, 5.41) is 7.60. The van der Waals surface area contributed by atoms with Gasteiger partial charge in [-0.2, -0.15) is 5.10 Å². The summed E-state index contributed by atoms with van der Waals surface area (Å²) >= 11 is 0. The molecule has 0 saturated heterocycles. The summed E-state index contributed by atoms with van der Waals surface area (Å²) in [4.78, 5) is 15.0. The molecule has 1 aliphatic heterocycles. The lowest BCUT2D eigenvalue weighted by Crippen LogP contribution is -2.39. The van der Waals surface area contributed by atoms with E-state index in [9.17, 15) is 4.79 Å². The topological polar surface area (TPSA) is 55.1 Å². The minimum absolute atomic E-state index is 0.00276. The third-order valence-corrected chi connectivity index (χ3v) is 5.61. The van der Waals surface area contributed by atoms with Crippen molar-refractivity contribution in [2.75, 3.05) is 19.6 Å². The fourth-order valence-corrected chi connectivity index (χ4v) is 3.95. The second kappa shape index (κ2) is 7.04. The number of hydrogen-bond donors (Lipinski definition) is 1. The van der Waals surface area contributed by atoms with Gasteiger partial charge in [0.25, 0.3) is 5.91 Å². The van der Waals surface area contributed by atoms with Gasteiger partial charge in [0.15, 0.2) is 0 Å². The molecular weight excluding hydrogens is 314 g/mol. The molecule has 2 aromatic rings. The maximum Gasteiger partial charge on any atom is 0.267 e. The lowest BCUT2D eigenvalue weighted by Gasteiger charge is -2.32. The predicted octanol–water partition coefficient (Wildman–Crippen LogP) is 1.88. The summed E-state index contributed by atoms with van der Waals surface area (Å²) in [5.74, 6) is 1.24. The first kappa shape index (κ1) is 16.4. The molecule has 1 saturated carbocycles. The molecule has 6 nitrogen and oxygen atoms in total. The highest BCUT2D eigenvalue weighted by atomic mass is 16.1. The van der Waals surface area contributed by atoms with Crippen LogP contribution >= 0.6 is 0 Å². The van der Waals surface area contributed by atoms with E-state index < -0.39 is 0 Å². The van der Waals surface area contributed by atoms with E-state index in [1.807, 2.05) is 36.1 Å². The Balaban J connectivity index is 1.41. The quantitative estimate of drug-likeness (QED) is 0.903. The highest BCUT2D eigenvalue weighted by molar-refractivity contribution is 5.92. The SMILES string of the molecule is Cn1cccc1C(=O)NC[C@@H]1CN(CC2CCC2)Cc2ccnn2C1. The molecule has 6 heteroatoms. The standard InChI is InChI=1S/C19H27N5O/c1-22-9-3-6-18(22)19(25)20-10-16-12-23(11-15-4-2-5-15)14-17-7-8-21-24(17)13-16/h3,6-9,15-16H,2,4-5,10-14H2,1H3,(H,20,25)/t16-/m1/s1. The van der Waals surface area contributed by atoms with Crippen molar-refractivity contribution in [2.24, 2.45) is 18.9 Å². The summed E-state index contributed by atoms with van der Waals surface area (Å²) in [5.41, 5.74) is 2.00. The third-order valence-electron chi connectivity index (χ3n) is 5.61. The number of nitrogens with zero attached hydrogens (tertiary/aromatic N) is 4. The van der Waals surface area contributed by atoms with Crippen LogP contribution in [0, 0.1) is 11.8 Å². The van der Waals surface area contributed by atoms with Gasteiger partial charge in [-0.1, -0.05) is 6.42 Å². The smallest absolute Gasteiger partial charge is 0.267 e. The highest BCUT2D eigenvalue weighted by Gasteiger charge is 2.27. The maximum absolute atomic E-state index is 12.4. The van der Waals surface area contributed by atoms with Gasteiger partial charge in [-0.3, -0.25) is 14.4 Å². The summed E-state index contributed by atoms with van der Waals surface area (Å²) in [6.07, 6.45) is 7.90. The molecule has 1 N–H and O–H groups in total. The molecule has 1 atom stereocenters. The molecule has 0 aromatic carbocycles. The molecule has 2 aromatic heterocycles. The van der Waals surface area contributed by atoms with E-state index in [2.05, 4.69) is 26.1 Å². The van der Waals surface area contributed by atoms with E-state index in [0.717, 1.165) is 25.6 Å². The number of carbonyl (C=O) groups excluding carboxylic acids is 1. The summed E-state index contributed by atoms with van der Waals surface area (Å²) in [6, 6.07) is 5.88. The van der Waals surface area contributed by atoms with Crippen molar-refractivity contribution < 1.29 is 4.79 Å². The van der Waals surface area contributed by atoms with E-state index >= 15 is 0 Å². The molecule has 1 aliphatic carbocycles. The molecule has 1 amide bonds. The average molecular weight is 341 g/mol. The third kappa shape index (κ3) is 3.63. The first-order valence-electron chi connectivity index (χ1n) is 9.31. The number of hydrogen-bond acceptors (Lipinski definition) is 3. The van der Waals surface area contributed by atoms with Crippen molar-refractivity contribution in [3.05, 3.63) is 42.0 Å². The Morgan fingerprint density at radius 2 is 2.16 bits per heavy atom. The Labute approximate surface area is 148 Å². The van der Waals surface area contributed by atoms with E-state index in [-0.39, 0.29) is 5.91 Å². The van der Waals surface area contributed by atoms with E-state index in [4.69, 9.17) is 0 Å². The Bertz CT molecular complexity index is 730. The molecule has 25 heavy (non-hydrogen) atoms. The maximum atomic E-state index is 12.4. The molecule has 0 radical (unpaired) electrons. The van der Waals surface area contributed by atoms with Crippen molar-refractivity contribution in [1.82, 2.24) is 24.6 Å². The Morgan fingerprint density at radius 3 is 2.88 bits per heavy atom. The van der Waals surface area contributed by atoms with Crippen LogP contribution in [0.2, 0.25) is 0 Å². The van der Waals surface area contributed by atoms with Crippen molar-refractivity contribution >= 4 is 5.91 Å². The zero-order valence-corrected chi connectivity index (χ0v) is 14.9. The zero-order valence-electron chi connectivity index (χ0n) is 14.9. The first-order chi connectivity index (χ1) is 12.2. The van der Waals surface area contributed by atoms with Gasteiger partial charge in [0.2, 0.25) is 0 Å². The Kier molecular flexibility index (Phi) is 4.61. The molecule has 0 spiro atoms. The summed E-state index contributed by atoms with van der Waals surface area (Å²) < 4.78 is 3.97. The number of nitrogens with one attached hydrogen (secondary N) is 1. The van der Waals surface area contributed by atoms with Crippen LogP contribution in [0.25, 0.3) is 0 Å². The minimum Gasteiger partial charge on any atom is -0.350 e. The normalized spacial score (nSPS) is 21.4. The van der Waals surface area contributed by atoms with Crippen molar-refractivity contribution in [3.8, 4) is 0 Å². The number of fused-ring (bicyclic) bond motifs is 1. The minimum atomic E-state index is 0.00276. The molecule has 4 rings (SSSR count). The van der Waals surface area contributed by atoms with Gasteiger partial charge in [0.05, 0.1) is 5.69 Å². The molecule has 2 aliphatic rings. The van der Waals surface area contributed by atoms with Gasteiger partial charge in [0, 0.05) is 58.1 Å². The van der Waals surface area contributed by atoms with E-state index in [1.165, 1.54) is 31.5 Å². The fourth-order valence-electron chi connectivity index (χ4n) is 3.95. The molecule has 0 unspecified atom stereocenters. The number of carbonyl (C=O) groups is 1. The second-order valence-electron chi connectivity index (χ2n) is 7.58. The average Bonchev–Trinajstić information content (AvgIpc) is 3.13. The zero-order chi connectivity index (χ0) is 17.2. The van der Waals surface area contributed by atoms with Crippen LogP contribution in [0.3, 0.4) is 0 Å². The van der Waals surface area contributed by atoms with E-state index in [1.54, 1.807) is 0 Å². The number of amides is 1. The highest BCUT2D eigenvalue weighted by Crippen LogP contribution is 2.28. The predicted molar refractivity (Wildman–Crippen MR) is 96.1 cm³/mol. The summed E-state index contributed by atoms with van der Waals surface area (Å²) in [7, 11) is 1.90. The number of rotatable bonds is 5. The van der Waals surface area contributed by atoms with Crippen molar-refractivity contribution in [3.63, 3.8) is 0 Å². The lowest BCUT2D eigenvalue weighted by atomic mass is 9.85. The van der Waals surface area contributed by atoms with Gasteiger partial charge >= 0.3 is 0 Å². The van der Waals surface area contributed by atoms with Crippen LogP contribution in [-0.4, -0.2) is 44.8 Å². The van der Waals surface area contributed by atoms with E-state index in [0.29, 0.717) is 18.2 Å². The molecule has 134 valence electrons. The van der Waals surface area contributed by atoms with Gasteiger partial charge in [-0.05, 0) is 37.0 Å². The van der Waals surface area contributed by atoms with Crippen LogP contribution in [0.1, 0.15) is 35.4 Å². The largest absolute Gasteiger partial charge is 0.350 e. The molecule has 3 heterocycles. The van der Waals surface area contributed by atoms with Gasteiger partial charge in [0.1, 0.15) is 5.69 Å². The van der Waals surface area contributed by atoms with Crippen LogP contribution in [0.15, 0.2) is 30.6 Å². The molecule has 0 bridgehead atoms. The van der Waals surface area contributed by atoms with Crippen LogP contribution < -0.4 is 5.32 Å². The number of aryl methyl sites for hydroxylation is 1. The molecular formula is C19H27N5O. The fraction of sp³-hybridized carbons (Fsp3) is 0.579. The second-order valence-corrected chi connectivity index (χ2v) is 7.58. The lowest BCUT2D eigenvalue weighted by molar-refractivity contribution is 0.0928. The summed E-state index contributed by atoms with van der Waals surface area (Å²) in [6.45, 7) is 4.72. The monoisotopic (exact) mass is 341 g/mol. The number of aromatic nitrogens is 3. The van der Waals surface area contributed by atoms with Crippen LogP contribution in [0.4, 0.5) is 0 Å². The Hall–Kier alpha value is -2.08. The molecule has 1 fully saturated rings. The van der Waals surface area contributed by atoms with Crippen LogP contribution in [0.5, 0.6) is 0 Å². The van der Waals surface area contributed by atoms with Gasteiger partial charge in [-0.25, -0.2) is 0 Å². The van der Waals surface area contributed by atoms with Gasteiger partial charge in [-0.15, -0.1) is 0 Å². The van der Waals surface area contributed by atoms with Crippen molar-refractivity contribution in [1.29, 1.82) is 0 Å². The van der Waals surface area contributed by atoms with Crippen LogP contribution in [-0.2, 0) is 20.1 Å². The Morgan fingerprint density at radius 1 is 1.28 bits per heavy atom.